The van der Waals surface area contributed by atoms with Crippen LogP contribution in [0.4, 0.5) is 0 Å². The Kier molecular flexibility index (Phi) is 4.94. The van der Waals surface area contributed by atoms with E-state index in [0.717, 1.165) is 12.7 Å². The number of carbonyl (C=O) groups is 1. The third-order valence-corrected chi connectivity index (χ3v) is 2.15. The Morgan fingerprint density at radius 2 is 2.08 bits per heavy atom. The van der Waals surface area contributed by atoms with Gasteiger partial charge in [0.05, 0.1) is 12.2 Å². The Balaban J connectivity index is 4.22. The summed E-state index contributed by atoms with van der Waals surface area (Å²) in [5.74, 6) is -0.911. The van der Waals surface area contributed by atoms with Crippen LogP contribution in [0.25, 0.3) is 0 Å². The van der Waals surface area contributed by atoms with Gasteiger partial charge in [0.25, 0.3) is 0 Å². The molecule has 0 fully saturated rings. The molecule has 0 heterocycles. The van der Waals surface area contributed by atoms with E-state index in [9.17, 15) is 13.2 Å². The summed E-state index contributed by atoms with van der Waals surface area (Å²) in [5.41, 5.74) is 5.32. The third-order valence-electron chi connectivity index (χ3n) is 1.58. The van der Waals surface area contributed by atoms with E-state index in [2.05, 4.69) is 0 Å². The van der Waals surface area contributed by atoms with Gasteiger partial charge >= 0.3 is 0 Å². The fourth-order valence-corrected chi connectivity index (χ4v) is 1.50. The second kappa shape index (κ2) is 5.18. The Hall–Kier alpha value is -0.620. The maximum atomic E-state index is 11.2. The highest BCUT2D eigenvalue weighted by Crippen LogP contribution is 2.04. The van der Waals surface area contributed by atoms with E-state index in [-0.39, 0.29) is 6.54 Å². The van der Waals surface area contributed by atoms with Gasteiger partial charge in [-0.1, -0.05) is 13.3 Å². The standard InChI is InChI=1S/C7H16N2O3S/c1-3-4-6(5-8)7(10)9-13(2,11)12/h6H,3-5,8H2,1-2H3,(H,9,10). The molecule has 5 nitrogen and oxygen atoms in total. The monoisotopic (exact) mass is 208 g/mol. The van der Waals surface area contributed by atoms with E-state index >= 15 is 0 Å². The van der Waals surface area contributed by atoms with Crippen molar-refractivity contribution in [3.05, 3.63) is 0 Å². The lowest BCUT2D eigenvalue weighted by molar-refractivity contribution is -0.123. The van der Waals surface area contributed by atoms with Crippen LogP contribution in [-0.4, -0.2) is 27.1 Å². The summed E-state index contributed by atoms with van der Waals surface area (Å²) in [6, 6.07) is 0. The van der Waals surface area contributed by atoms with Crippen LogP contribution in [0.1, 0.15) is 19.8 Å². The summed E-state index contributed by atoms with van der Waals surface area (Å²) in [6.45, 7) is 2.09. The molecule has 6 heteroatoms. The summed E-state index contributed by atoms with van der Waals surface area (Å²) in [7, 11) is -3.45. The smallest absolute Gasteiger partial charge is 0.237 e. The van der Waals surface area contributed by atoms with E-state index < -0.39 is 21.8 Å². The first-order valence-electron chi connectivity index (χ1n) is 4.12. The minimum Gasteiger partial charge on any atom is -0.330 e. The predicted octanol–water partition coefficient (Wildman–Crippen LogP) is -0.563. The van der Waals surface area contributed by atoms with Gasteiger partial charge in [0, 0.05) is 6.54 Å². The lowest BCUT2D eigenvalue weighted by Crippen LogP contribution is -2.38. The first-order chi connectivity index (χ1) is 5.90. The minimum atomic E-state index is -3.45. The number of hydrogen-bond donors (Lipinski definition) is 2. The van der Waals surface area contributed by atoms with E-state index in [0.29, 0.717) is 6.42 Å². The summed E-state index contributed by atoms with van der Waals surface area (Å²) in [6.07, 6.45) is 2.36. The number of sulfonamides is 1. The maximum absolute atomic E-state index is 11.2. The molecule has 0 saturated heterocycles. The van der Waals surface area contributed by atoms with Crippen molar-refractivity contribution in [2.45, 2.75) is 19.8 Å². The highest BCUT2D eigenvalue weighted by Gasteiger charge is 2.18. The van der Waals surface area contributed by atoms with Crippen LogP contribution < -0.4 is 10.5 Å². The predicted molar refractivity (Wildman–Crippen MR) is 50.4 cm³/mol. The number of nitrogens with one attached hydrogen (secondary N) is 1. The number of carbonyl (C=O) groups excluding carboxylic acids is 1. The van der Waals surface area contributed by atoms with Gasteiger partial charge in [0.1, 0.15) is 0 Å². The van der Waals surface area contributed by atoms with Crippen LogP contribution in [0.3, 0.4) is 0 Å². The molecule has 0 aliphatic carbocycles. The fourth-order valence-electron chi connectivity index (χ4n) is 0.971. The lowest BCUT2D eigenvalue weighted by Gasteiger charge is -2.12. The minimum absolute atomic E-state index is 0.176. The van der Waals surface area contributed by atoms with Gasteiger partial charge in [-0.2, -0.15) is 0 Å². The Morgan fingerprint density at radius 3 is 2.38 bits per heavy atom. The van der Waals surface area contributed by atoms with E-state index in [1.165, 1.54) is 0 Å². The highest BCUT2D eigenvalue weighted by molar-refractivity contribution is 7.89. The van der Waals surface area contributed by atoms with Crippen molar-refractivity contribution in [2.24, 2.45) is 11.7 Å². The molecule has 0 aliphatic heterocycles. The number of nitrogens with two attached hydrogens (primary N) is 1. The molecule has 0 aromatic heterocycles. The molecule has 0 rings (SSSR count). The lowest BCUT2D eigenvalue weighted by atomic mass is 10.0. The fraction of sp³-hybridized carbons (Fsp3) is 0.857. The Morgan fingerprint density at radius 1 is 1.54 bits per heavy atom. The summed E-state index contributed by atoms with van der Waals surface area (Å²) < 4.78 is 23.3. The number of hydrogen-bond acceptors (Lipinski definition) is 4. The quantitative estimate of drug-likeness (QED) is 0.633. The molecule has 3 N–H and O–H groups in total. The molecule has 0 radical (unpaired) electrons. The van der Waals surface area contributed by atoms with E-state index in [4.69, 9.17) is 5.73 Å². The molecule has 78 valence electrons. The average molecular weight is 208 g/mol. The Labute approximate surface area is 78.7 Å². The zero-order valence-corrected chi connectivity index (χ0v) is 8.73. The molecular formula is C7H16N2O3S. The van der Waals surface area contributed by atoms with Gasteiger partial charge in [0.15, 0.2) is 0 Å². The average Bonchev–Trinajstić information content (AvgIpc) is 1.96. The van der Waals surface area contributed by atoms with Crippen LogP contribution in [-0.2, 0) is 14.8 Å². The molecule has 0 aliphatic rings. The Bertz CT molecular complexity index is 261. The molecule has 0 aromatic carbocycles. The van der Waals surface area contributed by atoms with Gasteiger partial charge in [0.2, 0.25) is 15.9 Å². The first-order valence-corrected chi connectivity index (χ1v) is 6.01. The molecule has 0 bridgehead atoms. The molecule has 13 heavy (non-hydrogen) atoms. The molecule has 0 saturated carbocycles. The van der Waals surface area contributed by atoms with Gasteiger partial charge in [-0.15, -0.1) is 0 Å². The van der Waals surface area contributed by atoms with Crippen molar-refractivity contribution in [2.75, 3.05) is 12.8 Å². The third kappa shape index (κ3) is 5.59. The number of rotatable bonds is 5. The van der Waals surface area contributed by atoms with Crippen molar-refractivity contribution < 1.29 is 13.2 Å². The largest absolute Gasteiger partial charge is 0.330 e. The molecule has 1 atom stereocenters. The van der Waals surface area contributed by atoms with Gasteiger partial charge in [-0.3, -0.25) is 9.52 Å². The van der Waals surface area contributed by atoms with Crippen LogP contribution in [0, 0.1) is 5.92 Å². The summed E-state index contributed by atoms with van der Waals surface area (Å²) >= 11 is 0. The van der Waals surface area contributed by atoms with Crippen LogP contribution >= 0.6 is 0 Å². The summed E-state index contributed by atoms with van der Waals surface area (Å²) in [4.78, 5) is 11.2. The van der Waals surface area contributed by atoms with E-state index in [1.807, 2.05) is 11.6 Å². The van der Waals surface area contributed by atoms with Gasteiger partial charge in [-0.05, 0) is 6.42 Å². The topological polar surface area (TPSA) is 89.3 Å². The van der Waals surface area contributed by atoms with Crippen molar-refractivity contribution in [3.8, 4) is 0 Å². The van der Waals surface area contributed by atoms with Crippen LogP contribution in [0.5, 0.6) is 0 Å². The number of amides is 1. The maximum Gasteiger partial charge on any atom is 0.237 e. The first kappa shape index (κ1) is 12.4. The second-order valence-corrected chi connectivity index (χ2v) is 4.71. The second-order valence-electron chi connectivity index (χ2n) is 2.96. The molecule has 0 spiro atoms. The molecule has 0 aromatic rings. The summed E-state index contributed by atoms with van der Waals surface area (Å²) in [5, 5.41) is 0. The molecule has 1 amide bonds. The van der Waals surface area contributed by atoms with Crippen LogP contribution in [0.15, 0.2) is 0 Å². The van der Waals surface area contributed by atoms with Crippen molar-refractivity contribution in [1.29, 1.82) is 0 Å². The van der Waals surface area contributed by atoms with Crippen molar-refractivity contribution in [1.82, 2.24) is 4.72 Å². The van der Waals surface area contributed by atoms with Crippen molar-refractivity contribution in [3.63, 3.8) is 0 Å². The normalized spacial score (nSPS) is 13.8. The van der Waals surface area contributed by atoms with Crippen molar-refractivity contribution >= 4 is 15.9 Å². The zero-order valence-electron chi connectivity index (χ0n) is 7.91. The highest BCUT2D eigenvalue weighted by atomic mass is 32.2. The molecule has 1 unspecified atom stereocenters. The van der Waals surface area contributed by atoms with E-state index in [1.54, 1.807) is 0 Å². The van der Waals surface area contributed by atoms with Gasteiger partial charge in [-0.25, -0.2) is 8.42 Å². The van der Waals surface area contributed by atoms with Gasteiger partial charge < -0.3 is 5.73 Å². The van der Waals surface area contributed by atoms with Crippen LogP contribution in [0.2, 0.25) is 0 Å². The zero-order chi connectivity index (χ0) is 10.5. The SMILES string of the molecule is CCCC(CN)C(=O)NS(C)(=O)=O. The molecular weight excluding hydrogens is 192 g/mol.